The van der Waals surface area contributed by atoms with Gasteiger partial charge in [0.25, 0.3) is 5.91 Å². The van der Waals surface area contributed by atoms with Crippen molar-refractivity contribution in [2.45, 2.75) is 18.9 Å². The molecule has 1 amide bonds. The third-order valence-electron chi connectivity index (χ3n) is 3.65. The van der Waals surface area contributed by atoms with Crippen molar-refractivity contribution in [1.29, 1.82) is 0 Å². The van der Waals surface area contributed by atoms with E-state index in [2.05, 4.69) is 4.98 Å². The summed E-state index contributed by atoms with van der Waals surface area (Å²) in [5, 5.41) is 10.5. The number of para-hydroxylation sites is 1. The molecule has 1 aromatic heterocycles. The van der Waals surface area contributed by atoms with Gasteiger partial charge in [-0.25, -0.2) is 4.98 Å². The van der Waals surface area contributed by atoms with Crippen LogP contribution in [0.15, 0.2) is 30.3 Å². The van der Waals surface area contributed by atoms with Crippen LogP contribution in [0.25, 0.3) is 10.9 Å². The van der Waals surface area contributed by atoms with E-state index >= 15 is 0 Å². The molecule has 104 valence electrons. The van der Waals surface area contributed by atoms with Crippen LogP contribution >= 0.6 is 0 Å². The smallest absolute Gasteiger partial charge is 0.272 e. The molecule has 1 fully saturated rings. The molecule has 3 rings (SSSR count). The number of nitrogen functional groups attached to an aromatic ring is 1. The van der Waals surface area contributed by atoms with Gasteiger partial charge in [-0.15, -0.1) is 0 Å². The number of nitrogens with two attached hydrogens (primary N) is 1. The SMILES string of the molecule is Nc1cc(C(=O)N2CCC[C@H](O)C2)nc2ccccc12. The van der Waals surface area contributed by atoms with Crippen LogP contribution in [0.1, 0.15) is 23.3 Å². The molecule has 1 saturated heterocycles. The maximum absolute atomic E-state index is 12.4. The van der Waals surface area contributed by atoms with E-state index in [4.69, 9.17) is 5.73 Å². The maximum Gasteiger partial charge on any atom is 0.272 e. The number of carbonyl (C=O) groups is 1. The molecule has 0 unspecified atom stereocenters. The summed E-state index contributed by atoms with van der Waals surface area (Å²) < 4.78 is 0. The van der Waals surface area contributed by atoms with Crippen molar-refractivity contribution >= 4 is 22.5 Å². The summed E-state index contributed by atoms with van der Waals surface area (Å²) in [5.41, 5.74) is 7.60. The molecule has 1 atom stereocenters. The van der Waals surface area contributed by atoms with Gasteiger partial charge in [0.1, 0.15) is 5.69 Å². The molecular formula is C15H17N3O2. The van der Waals surface area contributed by atoms with Crippen molar-refractivity contribution < 1.29 is 9.90 Å². The predicted octanol–water partition coefficient (Wildman–Crippen LogP) is 1.41. The lowest BCUT2D eigenvalue weighted by Crippen LogP contribution is -2.42. The van der Waals surface area contributed by atoms with E-state index in [9.17, 15) is 9.90 Å². The molecule has 1 aromatic carbocycles. The molecular weight excluding hydrogens is 254 g/mol. The molecule has 0 spiro atoms. The lowest BCUT2D eigenvalue weighted by molar-refractivity contribution is 0.0469. The number of rotatable bonds is 1. The second-order valence-electron chi connectivity index (χ2n) is 5.16. The molecule has 0 radical (unpaired) electrons. The number of hydrogen-bond donors (Lipinski definition) is 2. The van der Waals surface area contributed by atoms with Crippen molar-refractivity contribution in [2.75, 3.05) is 18.8 Å². The number of amides is 1. The fraction of sp³-hybridized carbons (Fsp3) is 0.333. The zero-order valence-corrected chi connectivity index (χ0v) is 11.1. The van der Waals surface area contributed by atoms with E-state index in [-0.39, 0.29) is 5.91 Å². The van der Waals surface area contributed by atoms with Gasteiger partial charge < -0.3 is 15.7 Å². The number of fused-ring (bicyclic) bond motifs is 1. The van der Waals surface area contributed by atoms with Crippen LogP contribution in [0.3, 0.4) is 0 Å². The van der Waals surface area contributed by atoms with Crippen molar-refractivity contribution in [3.63, 3.8) is 0 Å². The molecule has 1 aliphatic heterocycles. The molecule has 5 heteroatoms. The number of aromatic nitrogens is 1. The second-order valence-corrected chi connectivity index (χ2v) is 5.16. The highest BCUT2D eigenvalue weighted by Gasteiger charge is 2.24. The van der Waals surface area contributed by atoms with Crippen molar-refractivity contribution in [1.82, 2.24) is 9.88 Å². The van der Waals surface area contributed by atoms with Crippen LogP contribution < -0.4 is 5.73 Å². The number of aliphatic hydroxyl groups excluding tert-OH is 1. The normalized spacial score (nSPS) is 19.2. The number of piperidine rings is 1. The lowest BCUT2D eigenvalue weighted by atomic mass is 10.1. The molecule has 20 heavy (non-hydrogen) atoms. The van der Waals surface area contributed by atoms with E-state index in [1.54, 1.807) is 11.0 Å². The minimum absolute atomic E-state index is 0.166. The number of hydrogen-bond acceptors (Lipinski definition) is 4. The molecule has 0 bridgehead atoms. The summed E-state index contributed by atoms with van der Waals surface area (Å²) in [6.07, 6.45) is 1.12. The van der Waals surface area contributed by atoms with Gasteiger partial charge in [0, 0.05) is 24.2 Å². The molecule has 2 heterocycles. The van der Waals surface area contributed by atoms with Crippen molar-refractivity contribution in [3.05, 3.63) is 36.0 Å². The van der Waals surface area contributed by atoms with Gasteiger partial charge in [0.05, 0.1) is 11.6 Å². The molecule has 3 N–H and O–H groups in total. The Balaban J connectivity index is 1.95. The average molecular weight is 271 g/mol. The minimum Gasteiger partial charge on any atom is -0.398 e. The molecule has 5 nitrogen and oxygen atoms in total. The van der Waals surface area contributed by atoms with Gasteiger partial charge in [-0.1, -0.05) is 18.2 Å². The first kappa shape index (κ1) is 12.9. The first-order chi connectivity index (χ1) is 9.65. The monoisotopic (exact) mass is 271 g/mol. The summed E-state index contributed by atoms with van der Waals surface area (Å²) in [4.78, 5) is 18.5. The van der Waals surface area contributed by atoms with Gasteiger partial charge in [-0.05, 0) is 25.0 Å². The summed E-state index contributed by atoms with van der Waals surface area (Å²) >= 11 is 0. The number of aliphatic hydroxyl groups is 1. The predicted molar refractivity (Wildman–Crippen MR) is 77.3 cm³/mol. The number of benzene rings is 1. The highest BCUT2D eigenvalue weighted by atomic mass is 16.3. The van der Waals surface area contributed by atoms with E-state index in [0.29, 0.717) is 30.0 Å². The summed E-state index contributed by atoms with van der Waals surface area (Å²) in [6, 6.07) is 9.10. The Bertz CT molecular complexity index is 657. The quantitative estimate of drug-likeness (QED) is 0.822. The topological polar surface area (TPSA) is 79.5 Å². The molecule has 0 saturated carbocycles. The van der Waals surface area contributed by atoms with Gasteiger partial charge >= 0.3 is 0 Å². The Kier molecular flexibility index (Phi) is 3.28. The third-order valence-corrected chi connectivity index (χ3v) is 3.65. The molecule has 0 aliphatic carbocycles. The minimum atomic E-state index is -0.439. The lowest BCUT2D eigenvalue weighted by Gasteiger charge is -2.29. The number of β-amino-alcohol motifs (C(OH)–C–C–N with tert-alkyl or cyclic N) is 1. The first-order valence-corrected chi connectivity index (χ1v) is 6.78. The fourth-order valence-electron chi connectivity index (χ4n) is 2.61. The van der Waals surface area contributed by atoms with Gasteiger partial charge in [-0.2, -0.15) is 0 Å². The van der Waals surface area contributed by atoms with Crippen LogP contribution in [0.5, 0.6) is 0 Å². The van der Waals surface area contributed by atoms with Crippen molar-refractivity contribution in [3.8, 4) is 0 Å². The number of carbonyl (C=O) groups excluding carboxylic acids is 1. The van der Waals surface area contributed by atoms with E-state index in [1.807, 2.05) is 24.3 Å². The first-order valence-electron chi connectivity index (χ1n) is 6.78. The summed E-state index contributed by atoms with van der Waals surface area (Å²) in [6.45, 7) is 1.03. The summed E-state index contributed by atoms with van der Waals surface area (Å²) in [5.74, 6) is -0.166. The summed E-state index contributed by atoms with van der Waals surface area (Å²) in [7, 11) is 0. The van der Waals surface area contributed by atoms with Crippen LogP contribution in [0.4, 0.5) is 5.69 Å². The zero-order valence-electron chi connectivity index (χ0n) is 11.1. The van der Waals surface area contributed by atoms with Crippen LogP contribution in [-0.4, -0.2) is 40.1 Å². The standard InChI is InChI=1S/C15H17N3O2/c16-12-8-14(17-13-6-2-1-5-11(12)13)15(20)18-7-3-4-10(19)9-18/h1-2,5-6,8,10,19H,3-4,7,9H2,(H2,16,17)/t10-/m0/s1. The number of likely N-dealkylation sites (tertiary alicyclic amines) is 1. The highest BCUT2D eigenvalue weighted by molar-refractivity contribution is 5.99. The largest absolute Gasteiger partial charge is 0.398 e. The molecule has 1 aliphatic rings. The van der Waals surface area contributed by atoms with Crippen LogP contribution in [-0.2, 0) is 0 Å². The number of pyridine rings is 1. The van der Waals surface area contributed by atoms with E-state index in [1.165, 1.54) is 0 Å². The number of nitrogens with zero attached hydrogens (tertiary/aromatic N) is 2. The van der Waals surface area contributed by atoms with E-state index < -0.39 is 6.10 Å². The second kappa shape index (κ2) is 5.09. The molecule has 2 aromatic rings. The Labute approximate surface area is 117 Å². The Morgan fingerprint density at radius 1 is 1.40 bits per heavy atom. The van der Waals surface area contributed by atoms with Crippen LogP contribution in [0.2, 0.25) is 0 Å². The zero-order chi connectivity index (χ0) is 14.1. The van der Waals surface area contributed by atoms with E-state index in [0.717, 1.165) is 18.2 Å². The van der Waals surface area contributed by atoms with Gasteiger partial charge in [0.2, 0.25) is 0 Å². The third kappa shape index (κ3) is 2.32. The Morgan fingerprint density at radius 3 is 3.00 bits per heavy atom. The van der Waals surface area contributed by atoms with Gasteiger partial charge in [0.15, 0.2) is 0 Å². The van der Waals surface area contributed by atoms with Crippen LogP contribution in [0, 0.1) is 0 Å². The Morgan fingerprint density at radius 2 is 2.20 bits per heavy atom. The highest BCUT2D eigenvalue weighted by Crippen LogP contribution is 2.21. The average Bonchev–Trinajstić information content (AvgIpc) is 2.46. The Hall–Kier alpha value is -2.14. The van der Waals surface area contributed by atoms with Crippen molar-refractivity contribution in [2.24, 2.45) is 0 Å². The van der Waals surface area contributed by atoms with Gasteiger partial charge in [-0.3, -0.25) is 4.79 Å². The number of anilines is 1. The fourth-order valence-corrected chi connectivity index (χ4v) is 2.61. The maximum atomic E-state index is 12.4.